The highest BCUT2D eigenvalue weighted by Gasteiger charge is 2.07. The minimum atomic E-state index is -0.0860. The fourth-order valence-corrected chi connectivity index (χ4v) is 2.59. The van der Waals surface area contributed by atoms with E-state index in [-0.39, 0.29) is 5.56 Å². The fraction of sp³-hybridized carbons (Fsp3) is 0.167. The van der Waals surface area contributed by atoms with Gasteiger partial charge < -0.3 is 4.57 Å². The Kier molecular flexibility index (Phi) is 3.37. The first-order valence-corrected chi connectivity index (χ1v) is 7.19. The molecule has 2 heterocycles. The van der Waals surface area contributed by atoms with Crippen LogP contribution in [-0.2, 0) is 7.05 Å². The third kappa shape index (κ3) is 2.22. The van der Waals surface area contributed by atoms with Gasteiger partial charge in [-0.25, -0.2) is 4.68 Å². The molecule has 0 aliphatic rings. The maximum atomic E-state index is 12.7. The summed E-state index contributed by atoms with van der Waals surface area (Å²) in [5.41, 5.74) is 4.05. The second kappa shape index (κ2) is 5.22. The number of hydrogen-bond donors (Lipinski definition) is 1. The summed E-state index contributed by atoms with van der Waals surface area (Å²) in [4.78, 5) is 12.7. The lowest BCUT2D eigenvalue weighted by atomic mass is 10.2. The van der Waals surface area contributed by atoms with Crippen molar-refractivity contribution in [2.75, 3.05) is 0 Å². The van der Waals surface area contributed by atoms with Crippen LogP contribution in [0.3, 0.4) is 0 Å². The zero-order valence-corrected chi connectivity index (χ0v) is 13.1. The third-order valence-corrected chi connectivity index (χ3v) is 4.13. The summed E-state index contributed by atoms with van der Waals surface area (Å²) >= 11 is 0. The summed E-state index contributed by atoms with van der Waals surface area (Å²) in [5.74, 6) is 0. The number of rotatable bonds is 2. The average molecular weight is 293 g/mol. The Balaban J connectivity index is 2.23. The maximum absolute atomic E-state index is 12.7. The summed E-state index contributed by atoms with van der Waals surface area (Å²) in [6.07, 6.45) is 1.91. The monoisotopic (exact) mass is 293 g/mol. The fourth-order valence-electron chi connectivity index (χ4n) is 2.59. The van der Waals surface area contributed by atoms with Crippen molar-refractivity contribution >= 4 is 12.7 Å². The highest BCUT2D eigenvalue weighted by Crippen LogP contribution is 2.13. The van der Waals surface area contributed by atoms with Crippen LogP contribution >= 0.6 is 0 Å². The summed E-state index contributed by atoms with van der Waals surface area (Å²) in [6.45, 7) is 8.06. The molecule has 4 heteroatoms. The predicted octanol–water partition coefficient (Wildman–Crippen LogP) is 1.36. The number of hydrogen-bond acceptors (Lipinski definition) is 1. The first-order valence-electron chi connectivity index (χ1n) is 7.19. The van der Waals surface area contributed by atoms with Gasteiger partial charge in [0.1, 0.15) is 0 Å². The zero-order chi connectivity index (χ0) is 15.9. The van der Waals surface area contributed by atoms with Gasteiger partial charge in [0.15, 0.2) is 0 Å². The van der Waals surface area contributed by atoms with Gasteiger partial charge in [-0.15, -0.1) is 0 Å². The number of H-pyrrole nitrogens is 1. The van der Waals surface area contributed by atoms with Gasteiger partial charge in [-0.2, -0.15) is 0 Å². The van der Waals surface area contributed by atoms with E-state index >= 15 is 0 Å². The quantitative estimate of drug-likeness (QED) is 0.762. The highest BCUT2D eigenvalue weighted by atomic mass is 16.1. The van der Waals surface area contributed by atoms with Crippen LogP contribution in [0.2, 0.25) is 0 Å². The summed E-state index contributed by atoms with van der Waals surface area (Å²) in [6, 6.07) is 11.6. The number of benzene rings is 1. The van der Waals surface area contributed by atoms with Gasteiger partial charge in [-0.05, 0) is 43.7 Å². The van der Waals surface area contributed by atoms with Crippen molar-refractivity contribution in [3.05, 3.63) is 74.3 Å². The second-order valence-corrected chi connectivity index (χ2v) is 5.51. The number of nitrogens with zero attached hydrogens (tertiary/aromatic N) is 2. The lowest BCUT2D eigenvalue weighted by Crippen LogP contribution is -2.34. The van der Waals surface area contributed by atoms with Crippen molar-refractivity contribution in [1.82, 2.24) is 14.3 Å². The van der Waals surface area contributed by atoms with Crippen LogP contribution in [0.4, 0.5) is 0 Å². The van der Waals surface area contributed by atoms with E-state index in [1.54, 1.807) is 0 Å². The van der Waals surface area contributed by atoms with Crippen molar-refractivity contribution in [2.45, 2.75) is 13.8 Å². The molecular formula is C18H19N3O. The van der Waals surface area contributed by atoms with E-state index in [9.17, 15) is 4.79 Å². The Bertz CT molecular complexity index is 988. The van der Waals surface area contributed by atoms with Crippen molar-refractivity contribution in [3.8, 4) is 5.69 Å². The number of aromatic amines is 1. The molecule has 1 N–H and O–H groups in total. The van der Waals surface area contributed by atoms with E-state index in [0.717, 1.165) is 22.6 Å². The third-order valence-electron chi connectivity index (χ3n) is 4.13. The standard InChI is InChI=1S/C18H19N3O/c1-12-10-15(14(3)20(12)4)11-17-13(2)19-21(18(17)22)16-8-6-5-7-9-16/h5-11,19H,2H2,1,3-4H3/b17-11-. The molecule has 0 spiro atoms. The number of nitrogens with one attached hydrogen (secondary N) is 1. The number of para-hydroxylation sites is 1. The van der Waals surface area contributed by atoms with Crippen molar-refractivity contribution < 1.29 is 0 Å². The van der Waals surface area contributed by atoms with Crippen molar-refractivity contribution in [2.24, 2.45) is 7.05 Å². The molecule has 0 radical (unpaired) electrons. The van der Waals surface area contributed by atoms with E-state index in [0.29, 0.717) is 10.6 Å². The van der Waals surface area contributed by atoms with E-state index < -0.39 is 0 Å². The van der Waals surface area contributed by atoms with Gasteiger partial charge >= 0.3 is 0 Å². The van der Waals surface area contributed by atoms with Crippen LogP contribution in [0, 0.1) is 13.8 Å². The van der Waals surface area contributed by atoms with Crippen LogP contribution < -0.4 is 16.1 Å². The smallest absolute Gasteiger partial charge is 0.279 e. The minimum Gasteiger partial charge on any atom is -0.352 e. The summed E-state index contributed by atoms with van der Waals surface area (Å²) < 4.78 is 3.64. The molecule has 0 aliphatic carbocycles. The Morgan fingerprint density at radius 2 is 1.86 bits per heavy atom. The van der Waals surface area contributed by atoms with Crippen LogP contribution in [0.25, 0.3) is 18.3 Å². The first kappa shape index (κ1) is 14.2. The van der Waals surface area contributed by atoms with Crippen molar-refractivity contribution in [1.29, 1.82) is 0 Å². The number of aromatic nitrogens is 3. The molecule has 22 heavy (non-hydrogen) atoms. The van der Waals surface area contributed by atoms with Crippen LogP contribution in [0.1, 0.15) is 17.0 Å². The molecule has 0 saturated heterocycles. The van der Waals surface area contributed by atoms with Crippen LogP contribution in [0.15, 0.2) is 41.2 Å². The highest BCUT2D eigenvalue weighted by molar-refractivity contribution is 5.53. The lowest BCUT2D eigenvalue weighted by Gasteiger charge is -1.99. The van der Waals surface area contributed by atoms with E-state index in [2.05, 4.69) is 29.2 Å². The molecule has 3 rings (SSSR count). The van der Waals surface area contributed by atoms with Gasteiger partial charge in [0.2, 0.25) is 0 Å². The Labute approximate surface area is 128 Å². The lowest BCUT2D eigenvalue weighted by molar-refractivity contribution is 0.838. The van der Waals surface area contributed by atoms with Gasteiger partial charge in [-0.3, -0.25) is 9.89 Å². The van der Waals surface area contributed by atoms with Crippen LogP contribution in [-0.4, -0.2) is 14.3 Å². The maximum Gasteiger partial charge on any atom is 0.279 e. The summed E-state index contributed by atoms with van der Waals surface area (Å²) in [5, 5.41) is 4.26. The molecule has 1 aromatic carbocycles. The largest absolute Gasteiger partial charge is 0.352 e. The molecule has 0 atom stereocenters. The SMILES string of the molecule is C=c1[nH]n(-c2ccccc2)c(=O)/c1=C\c1cc(C)n(C)c1C. The Morgan fingerprint density at radius 1 is 1.18 bits per heavy atom. The van der Waals surface area contributed by atoms with Gasteiger partial charge in [0.25, 0.3) is 5.56 Å². The zero-order valence-electron chi connectivity index (χ0n) is 13.1. The Hall–Kier alpha value is -2.75. The second-order valence-electron chi connectivity index (χ2n) is 5.51. The summed E-state index contributed by atoms with van der Waals surface area (Å²) in [7, 11) is 2.02. The molecule has 0 bridgehead atoms. The molecule has 2 aromatic heterocycles. The average Bonchev–Trinajstić information content (AvgIpc) is 2.93. The molecule has 0 unspecified atom stereocenters. The molecule has 0 saturated carbocycles. The Morgan fingerprint density at radius 3 is 2.45 bits per heavy atom. The normalized spacial score (nSPS) is 12.0. The van der Waals surface area contributed by atoms with Gasteiger partial charge in [0.05, 0.1) is 16.3 Å². The molecule has 0 amide bonds. The van der Waals surface area contributed by atoms with Gasteiger partial charge in [0, 0.05) is 18.4 Å². The van der Waals surface area contributed by atoms with Crippen molar-refractivity contribution in [3.63, 3.8) is 0 Å². The molecule has 0 aliphatic heterocycles. The van der Waals surface area contributed by atoms with Gasteiger partial charge in [-0.1, -0.05) is 24.8 Å². The minimum absolute atomic E-state index is 0.0860. The molecule has 0 fully saturated rings. The van der Waals surface area contributed by atoms with E-state index in [1.165, 1.54) is 4.68 Å². The molecule has 112 valence electrons. The molecule has 3 aromatic rings. The number of aryl methyl sites for hydroxylation is 1. The first-order chi connectivity index (χ1) is 10.5. The predicted molar refractivity (Wildman–Crippen MR) is 89.6 cm³/mol. The molecule has 4 nitrogen and oxygen atoms in total. The van der Waals surface area contributed by atoms with E-state index in [1.807, 2.05) is 50.4 Å². The van der Waals surface area contributed by atoms with Crippen LogP contribution in [0.5, 0.6) is 0 Å². The topological polar surface area (TPSA) is 42.7 Å². The van der Waals surface area contributed by atoms with E-state index in [4.69, 9.17) is 0 Å². The molecular weight excluding hydrogens is 274 g/mol.